The highest BCUT2D eigenvalue weighted by atomic mass is 79.9. The van der Waals surface area contributed by atoms with E-state index in [1.54, 1.807) is 0 Å². The number of nitrogens with one attached hydrogen (secondary N) is 1. The molecule has 3 heteroatoms. The third-order valence-electron chi connectivity index (χ3n) is 4.13. The van der Waals surface area contributed by atoms with Gasteiger partial charge in [0.25, 0.3) is 0 Å². The summed E-state index contributed by atoms with van der Waals surface area (Å²) < 4.78 is 7.05. The van der Waals surface area contributed by atoms with Crippen LogP contribution in [0.5, 0.6) is 5.75 Å². The summed E-state index contributed by atoms with van der Waals surface area (Å²) in [6, 6.07) is 5.02. The fourth-order valence-electron chi connectivity index (χ4n) is 3.03. The molecule has 0 spiro atoms. The first-order valence-electron chi connectivity index (χ1n) is 8.42. The van der Waals surface area contributed by atoms with E-state index >= 15 is 0 Å². The molecule has 118 valence electrons. The zero-order chi connectivity index (χ0) is 15.1. The minimum Gasteiger partial charge on any atom is -0.493 e. The number of fused-ring (bicyclic) bond motifs is 1. The molecule has 1 aromatic carbocycles. The maximum atomic E-state index is 5.87. The first-order valence-corrected chi connectivity index (χ1v) is 9.21. The van der Waals surface area contributed by atoms with Crippen LogP contribution < -0.4 is 10.1 Å². The van der Waals surface area contributed by atoms with E-state index in [0.29, 0.717) is 6.04 Å². The third-order valence-corrected chi connectivity index (χ3v) is 4.59. The molecule has 1 heterocycles. The molecule has 0 saturated carbocycles. The van der Waals surface area contributed by atoms with Gasteiger partial charge in [0.15, 0.2) is 0 Å². The van der Waals surface area contributed by atoms with Crippen LogP contribution in [0, 0.1) is 0 Å². The molecule has 0 amide bonds. The molecule has 0 saturated heterocycles. The van der Waals surface area contributed by atoms with Crippen molar-refractivity contribution in [2.45, 2.75) is 64.8 Å². The average Bonchev–Trinajstić information content (AvgIpc) is 2.93. The maximum absolute atomic E-state index is 5.87. The lowest BCUT2D eigenvalue weighted by atomic mass is 9.98. The molecule has 1 aromatic rings. The van der Waals surface area contributed by atoms with Crippen LogP contribution in [0.2, 0.25) is 0 Å². The summed E-state index contributed by atoms with van der Waals surface area (Å²) in [6.07, 6.45) is 8.50. The summed E-state index contributed by atoms with van der Waals surface area (Å²) in [7, 11) is 0. The lowest BCUT2D eigenvalue weighted by Gasteiger charge is -2.20. The fourth-order valence-corrected chi connectivity index (χ4v) is 3.58. The molecule has 21 heavy (non-hydrogen) atoms. The standard InChI is InChI=1S/C18H28BrNO/c1-3-5-6-7-17(20-9-4-2)13-15-12-16(19)11-14-8-10-21-18(14)15/h11-12,17,20H,3-10,13H2,1-2H3. The molecule has 1 atom stereocenters. The Hall–Kier alpha value is -0.540. The molecule has 2 rings (SSSR count). The number of unbranched alkanes of at least 4 members (excludes halogenated alkanes) is 2. The largest absolute Gasteiger partial charge is 0.493 e. The first-order chi connectivity index (χ1) is 10.2. The van der Waals surface area contributed by atoms with Gasteiger partial charge in [-0.25, -0.2) is 0 Å². The van der Waals surface area contributed by atoms with Crippen LogP contribution in [0.4, 0.5) is 0 Å². The molecule has 0 fully saturated rings. The Balaban J connectivity index is 2.04. The Morgan fingerprint density at radius 3 is 2.86 bits per heavy atom. The van der Waals surface area contributed by atoms with Crippen LogP contribution in [0.15, 0.2) is 16.6 Å². The van der Waals surface area contributed by atoms with Crippen molar-refractivity contribution in [3.63, 3.8) is 0 Å². The van der Waals surface area contributed by atoms with Crippen molar-refractivity contribution in [3.8, 4) is 5.75 Å². The van der Waals surface area contributed by atoms with Crippen LogP contribution in [0.25, 0.3) is 0 Å². The van der Waals surface area contributed by atoms with Gasteiger partial charge in [0.2, 0.25) is 0 Å². The van der Waals surface area contributed by atoms with Gasteiger partial charge in [0, 0.05) is 16.9 Å². The summed E-state index contributed by atoms with van der Waals surface area (Å²) in [6.45, 7) is 6.44. The minimum absolute atomic E-state index is 0.569. The summed E-state index contributed by atoms with van der Waals surface area (Å²) in [5, 5.41) is 3.72. The van der Waals surface area contributed by atoms with E-state index in [1.165, 1.54) is 47.7 Å². The second-order valence-corrected chi connectivity index (χ2v) is 6.92. The highest BCUT2D eigenvalue weighted by Crippen LogP contribution is 2.34. The minimum atomic E-state index is 0.569. The monoisotopic (exact) mass is 353 g/mol. The molecule has 2 nitrogen and oxygen atoms in total. The SMILES string of the molecule is CCCCCC(Cc1cc(Br)cc2c1OCC2)NCCC. The molecule has 0 radical (unpaired) electrons. The normalized spacial score (nSPS) is 14.8. The van der Waals surface area contributed by atoms with Gasteiger partial charge in [0.1, 0.15) is 5.75 Å². The quantitative estimate of drug-likeness (QED) is 0.639. The van der Waals surface area contributed by atoms with Gasteiger partial charge < -0.3 is 10.1 Å². The van der Waals surface area contributed by atoms with E-state index in [-0.39, 0.29) is 0 Å². The second-order valence-electron chi connectivity index (χ2n) is 6.00. The summed E-state index contributed by atoms with van der Waals surface area (Å²) in [5.41, 5.74) is 2.73. The highest BCUT2D eigenvalue weighted by molar-refractivity contribution is 9.10. The second kappa shape index (κ2) is 8.79. The van der Waals surface area contributed by atoms with E-state index in [1.807, 2.05) is 0 Å². The molecular weight excluding hydrogens is 326 g/mol. The summed E-state index contributed by atoms with van der Waals surface area (Å²) in [4.78, 5) is 0. The zero-order valence-electron chi connectivity index (χ0n) is 13.4. The van der Waals surface area contributed by atoms with Crippen molar-refractivity contribution in [1.29, 1.82) is 0 Å². The Labute approximate surface area is 137 Å². The Morgan fingerprint density at radius 1 is 1.24 bits per heavy atom. The van der Waals surface area contributed by atoms with E-state index in [2.05, 4.69) is 47.2 Å². The molecule has 1 unspecified atom stereocenters. The molecule has 0 aliphatic carbocycles. The van der Waals surface area contributed by atoms with E-state index in [9.17, 15) is 0 Å². The topological polar surface area (TPSA) is 21.3 Å². The maximum Gasteiger partial charge on any atom is 0.125 e. The lowest BCUT2D eigenvalue weighted by molar-refractivity contribution is 0.350. The van der Waals surface area contributed by atoms with Gasteiger partial charge in [-0.05, 0) is 49.1 Å². The fraction of sp³-hybridized carbons (Fsp3) is 0.667. The highest BCUT2D eigenvalue weighted by Gasteiger charge is 2.19. The number of hydrogen-bond acceptors (Lipinski definition) is 2. The molecule has 1 aliphatic rings. The number of rotatable bonds is 9. The third kappa shape index (κ3) is 5.00. The molecule has 0 aromatic heterocycles. The van der Waals surface area contributed by atoms with Crippen molar-refractivity contribution in [2.24, 2.45) is 0 Å². The van der Waals surface area contributed by atoms with E-state index in [0.717, 1.165) is 31.7 Å². The van der Waals surface area contributed by atoms with Crippen molar-refractivity contribution < 1.29 is 4.74 Å². The van der Waals surface area contributed by atoms with E-state index in [4.69, 9.17) is 4.74 Å². The predicted molar refractivity (Wildman–Crippen MR) is 93.3 cm³/mol. The zero-order valence-corrected chi connectivity index (χ0v) is 15.0. The van der Waals surface area contributed by atoms with Gasteiger partial charge in [-0.1, -0.05) is 49.0 Å². The predicted octanol–water partition coefficient (Wildman–Crippen LogP) is 4.88. The summed E-state index contributed by atoms with van der Waals surface area (Å²) in [5.74, 6) is 1.15. The Morgan fingerprint density at radius 2 is 2.10 bits per heavy atom. The molecule has 0 bridgehead atoms. The van der Waals surface area contributed by atoms with Gasteiger partial charge >= 0.3 is 0 Å². The Kier molecular flexibility index (Phi) is 7.05. The summed E-state index contributed by atoms with van der Waals surface area (Å²) >= 11 is 3.65. The van der Waals surface area contributed by atoms with Gasteiger partial charge in [-0.3, -0.25) is 0 Å². The van der Waals surface area contributed by atoms with Gasteiger partial charge in [-0.2, -0.15) is 0 Å². The van der Waals surface area contributed by atoms with Gasteiger partial charge in [0.05, 0.1) is 6.61 Å². The van der Waals surface area contributed by atoms with Gasteiger partial charge in [-0.15, -0.1) is 0 Å². The Bertz CT molecular complexity index is 447. The van der Waals surface area contributed by atoms with Crippen LogP contribution in [0.3, 0.4) is 0 Å². The van der Waals surface area contributed by atoms with Crippen molar-refractivity contribution in [1.82, 2.24) is 5.32 Å². The molecular formula is C18H28BrNO. The van der Waals surface area contributed by atoms with Crippen LogP contribution >= 0.6 is 15.9 Å². The van der Waals surface area contributed by atoms with Crippen molar-refractivity contribution in [2.75, 3.05) is 13.2 Å². The number of hydrogen-bond donors (Lipinski definition) is 1. The smallest absolute Gasteiger partial charge is 0.125 e. The number of benzene rings is 1. The van der Waals surface area contributed by atoms with Crippen molar-refractivity contribution in [3.05, 3.63) is 27.7 Å². The molecule has 1 aliphatic heterocycles. The van der Waals surface area contributed by atoms with Crippen LogP contribution in [-0.4, -0.2) is 19.2 Å². The van der Waals surface area contributed by atoms with Crippen LogP contribution in [0.1, 0.15) is 57.1 Å². The van der Waals surface area contributed by atoms with Crippen molar-refractivity contribution >= 4 is 15.9 Å². The van der Waals surface area contributed by atoms with Crippen LogP contribution in [-0.2, 0) is 12.8 Å². The molecule has 1 N–H and O–H groups in total. The first kappa shape index (κ1) is 16.8. The average molecular weight is 354 g/mol. The van der Waals surface area contributed by atoms with E-state index < -0.39 is 0 Å². The number of halogens is 1. The lowest BCUT2D eigenvalue weighted by Crippen LogP contribution is -2.32. The number of ether oxygens (including phenoxy) is 1.